The molecule has 1 saturated heterocycles. The minimum atomic E-state index is -1.63. The summed E-state index contributed by atoms with van der Waals surface area (Å²) in [7, 11) is 3.39. The lowest BCUT2D eigenvalue weighted by molar-refractivity contribution is 0.0630. The van der Waals surface area contributed by atoms with Gasteiger partial charge in [-0.15, -0.1) is 0 Å². The SMILES string of the molecule is CN1CCC(c2c(O)cc(O)c3c(=O)cc(/C=C/c4c(F)c(F)c(P)c(F)c4F)oc23)C(O)C1. The summed E-state index contributed by atoms with van der Waals surface area (Å²) in [4.78, 5) is 14.6. The van der Waals surface area contributed by atoms with Crippen LogP contribution in [0.2, 0.25) is 0 Å². The Hall–Kier alpha value is -2.94. The van der Waals surface area contributed by atoms with Gasteiger partial charge in [-0.2, -0.15) is 0 Å². The molecule has 3 atom stereocenters. The van der Waals surface area contributed by atoms with E-state index in [1.165, 1.54) is 0 Å². The average Bonchev–Trinajstić information content (AvgIpc) is 2.77. The first-order valence-corrected chi connectivity index (χ1v) is 10.8. The van der Waals surface area contributed by atoms with Crippen LogP contribution in [0.5, 0.6) is 11.5 Å². The molecule has 4 rings (SSSR count). The Bertz CT molecular complexity index is 1360. The van der Waals surface area contributed by atoms with Gasteiger partial charge in [0.1, 0.15) is 28.2 Å². The van der Waals surface area contributed by atoms with Crippen LogP contribution in [0.1, 0.15) is 29.2 Å². The van der Waals surface area contributed by atoms with E-state index in [-0.39, 0.29) is 28.8 Å². The summed E-state index contributed by atoms with van der Waals surface area (Å²) in [6, 6.07) is 1.90. The molecule has 3 aromatic rings. The number of rotatable bonds is 3. The zero-order valence-corrected chi connectivity index (χ0v) is 18.9. The minimum absolute atomic E-state index is 0.0996. The predicted octanol–water partition coefficient (Wildman–Crippen LogP) is 3.21. The maximum atomic E-state index is 14.2. The topological polar surface area (TPSA) is 94.1 Å². The number of aromatic hydroxyl groups is 2. The molecule has 1 aliphatic rings. The fourth-order valence-electron chi connectivity index (χ4n) is 4.18. The number of halogens is 4. The first-order valence-electron chi connectivity index (χ1n) is 10.2. The number of piperidine rings is 1. The third kappa shape index (κ3) is 4.06. The van der Waals surface area contributed by atoms with Gasteiger partial charge in [0, 0.05) is 35.5 Å². The molecule has 1 fully saturated rings. The number of β-amino-alcohol motifs (C(OH)–C–C–N with tert-alkyl or cyclic N) is 1. The van der Waals surface area contributed by atoms with Crippen LogP contribution >= 0.6 is 9.24 Å². The highest BCUT2D eigenvalue weighted by atomic mass is 31.0. The highest BCUT2D eigenvalue weighted by molar-refractivity contribution is 7.27. The highest BCUT2D eigenvalue weighted by Gasteiger charge is 2.33. The Morgan fingerprint density at radius 3 is 2.32 bits per heavy atom. The van der Waals surface area contributed by atoms with E-state index in [1.54, 1.807) is 9.24 Å². The largest absolute Gasteiger partial charge is 0.507 e. The van der Waals surface area contributed by atoms with Gasteiger partial charge in [0.15, 0.2) is 28.7 Å². The maximum Gasteiger partial charge on any atom is 0.197 e. The summed E-state index contributed by atoms with van der Waals surface area (Å²) in [6.45, 7) is 0.868. The first-order chi connectivity index (χ1) is 16.0. The van der Waals surface area contributed by atoms with Gasteiger partial charge in [-0.3, -0.25) is 4.79 Å². The van der Waals surface area contributed by atoms with Gasteiger partial charge >= 0.3 is 0 Å². The second-order valence-corrected chi connectivity index (χ2v) is 8.76. The Morgan fingerprint density at radius 2 is 1.71 bits per heavy atom. The summed E-state index contributed by atoms with van der Waals surface area (Å²) < 4.78 is 61.8. The molecule has 11 heteroatoms. The van der Waals surface area contributed by atoms with Crippen molar-refractivity contribution in [3.05, 3.63) is 62.5 Å². The number of nitrogens with zero attached hydrogens (tertiary/aromatic N) is 1. The molecule has 0 spiro atoms. The summed E-state index contributed by atoms with van der Waals surface area (Å²) in [6.07, 6.45) is 1.13. The number of likely N-dealkylation sites (tertiary alicyclic amines) is 1. The van der Waals surface area contributed by atoms with Gasteiger partial charge < -0.3 is 24.6 Å². The number of benzene rings is 2. The van der Waals surface area contributed by atoms with E-state index in [0.29, 0.717) is 19.0 Å². The number of hydrogen-bond acceptors (Lipinski definition) is 6. The van der Waals surface area contributed by atoms with Crippen molar-refractivity contribution in [2.45, 2.75) is 18.4 Å². The molecule has 34 heavy (non-hydrogen) atoms. The molecule has 6 nitrogen and oxygen atoms in total. The van der Waals surface area contributed by atoms with Crippen molar-refractivity contribution in [1.82, 2.24) is 4.90 Å². The second kappa shape index (κ2) is 9.02. The molecule has 2 aromatic carbocycles. The summed E-state index contributed by atoms with van der Waals surface area (Å²) in [5.41, 5.74) is -1.87. The van der Waals surface area contributed by atoms with Gasteiger partial charge in [-0.1, -0.05) is 9.24 Å². The average molecular weight is 497 g/mol. The third-order valence-corrected chi connectivity index (χ3v) is 6.43. The van der Waals surface area contributed by atoms with Crippen molar-refractivity contribution in [3.63, 3.8) is 0 Å². The van der Waals surface area contributed by atoms with E-state index in [0.717, 1.165) is 18.2 Å². The van der Waals surface area contributed by atoms with Crippen LogP contribution in [0.25, 0.3) is 23.1 Å². The number of hydrogen-bond donors (Lipinski definition) is 3. The molecular formula is C23H20F4NO5P. The predicted molar refractivity (Wildman–Crippen MR) is 121 cm³/mol. The smallest absolute Gasteiger partial charge is 0.197 e. The molecule has 0 bridgehead atoms. The lowest BCUT2D eigenvalue weighted by Gasteiger charge is -2.34. The fourth-order valence-corrected chi connectivity index (χ4v) is 4.44. The van der Waals surface area contributed by atoms with E-state index in [1.807, 2.05) is 11.9 Å². The number of fused-ring (bicyclic) bond motifs is 1. The molecule has 0 radical (unpaired) electrons. The molecule has 0 saturated carbocycles. The van der Waals surface area contributed by atoms with Gasteiger partial charge in [-0.25, -0.2) is 17.6 Å². The van der Waals surface area contributed by atoms with Crippen molar-refractivity contribution < 1.29 is 37.3 Å². The molecule has 180 valence electrons. The van der Waals surface area contributed by atoms with E-state index in [9.17, 15) is 37.7 Å². The molecule has 0 aliphatic carbocycles. The second-order valence-electron chi connectivity index (χ2n) is 8.19. The Kier molecular flexibility index (Phi) is 6.42. The van der Waals surface area contributed by atoms with Crippen LogP contribution in [0.4, 0.5) is 17.6 Å². The number of likely N-dealkylation sites (N-methyl/N-ethyl adjacent to an activating group) is 1. The standard InChI is InChI=1S/C23H20F4NO5P/c1-28-5-4-10(15(32)8-28)16-13(30)7-14(31)17-12(29)6-9(33-22(16)17)2-3-11-18(24)20(26)23(34)21(27)19(11)25/h2-3,6-7,10,15,30-32H,4-5,8,34H2,1H3/b3-2+. The molecule has 1 aliphatic heterocycles. The van der Waals surface area contributed by atoms with Crippen molar-refractivity contribution in [2.24, 2.45) is 0 Å². The van der Waals surface area contributed by atoms with Crippen molar-refractivity contribution in [3.8, 4) is 11.5 Å². The van der Waals surface area contributed by atoms with Crippen LogP contribution in [-0.2, 0) is 0 Å². The zero-order chi connectivity index (χ0) is 24.9. The van der Waals surface area contributed by atoms with Crippen LogP contribution in [0, 0.1) is 23.3 Å². The van der Waals surface area contributed by atoms with Crippen LogP contribution < -0.4 is 10.7 Å². The van der Waals surface area contributed by atoms with E-state index < -0.39 is 63.1 Å². The maximum absolute atomic E-state index is 14.2. The quantitative estimate of drug-likeness (QED) is 0.292. The summed E-state index contributed by atoms with van der Waals surface area (Å²) >= 11 is 0. The zero-order valence-electron chi connectivity index (χ0n) is 17.8. The molecule has 3 N–H and O–H groups in total. The Labute approximate surface area is 192 Å². The number of phenolic OH excluding ortho intramolecular Hbond substituents is 2. The molecule has 2 heterocycles. The van der Waals surface area contributed by atoms with Crippen molar-refractivity contribution >= 4 is 37.7 Å². The van der Waals surface area contributed by atoms with Crippen LogP contribution in [0.3, 0.4) is 0 Å². The van der Waals surface area contributed by atoms with Crippen molar-refractivity contribution in [1.29, 1.82) is 0 Å². The molecule has 1 aromatic heterocycles. The Balaban J connectivity index is 1.88. The van der Waals surface area contributed by atoms with Gasteiger partial charge in [0.2, 0.25) is 0 Å². The Morgan fingerprint density at radius 1 is 1.06 bits per heavy atom. The molecule has 3 unspecified atom stereocenters. The molecular weight excluding hydrogens is 477 g/mol. The first kappa shape index (κ1) is 24.2. The summed E-state index contributed by atoms with van der Waals surface area (Å²) in [5, 5.41) is 30.2. The fraction of sp³-hybridized carbons (Fsp3) is 0.261. The highest BCUT2D eigenvalue weighted by Crippen LogP contribution is 2.41. The van der Waals surface area contributed by atoms with Gasteiger partial charge in [0.05, 0.1) is 11.7 Å². The van der Waals surface area contributed by atoms with Crippen LogP contribution in [0.15, 0.2) is 21.3 Å². The monoisotopic (exact) mass is 497 g/mol. The number of aliphatic hydroxyl groups excluding tert-OH is 1. The normalized spacial score (nSPS) is 19.4. The number of aliphatic hydroxyl groups is 1. The van der Waals surface area contributed by atoms with E-state index in [2.05, 4.69) is 0 Å². The lowest BCUT2D eigenvalue weighted by atomic mass is 9.85. The lowest BCUT2D eigenvalue weighted by Crippen LogP contribution is -2.40. The number of phenols is 2. The summed E-state index contributed by atoms with van der Waals surface area (Å²) in [5.74, 6) is -8.29. The van der Waals surface area contributed by atoms with Crippen LogP contribution in [-0.4, -0.2) is 46.5 Å². The minimum Gasteiger partial charge on any atom is -0.507 e. The molecule has 0 amide bonds. The third-order valence-electron chi connectivity index (χ3n) is 5.92. The van der Waals surface area contributed by atoms with E-state index >= 15 is 0 Å². The van der Waals surface area contributed by atoms with Gasteiger partial charge in [0.25, 0.3) is 0 Å². The van der Waals surface area contributed by atoms with Crippen molar-refractivity contribution in [2.75, 3.05) is 20.1 Å². The van der Waals surface area contributed by atoms with Gasteiger partial charge in [-0.05, 0) is 32.2 Å². The van der Waals surface area contributed by atoms with E-state index in [4.69, 9.17) is 4.42 Å².